The third-order valence-corrected chi connectivity index (χ3v) is 2.15. The first-order chi connectivity index (χ1) is 6.47. The van der Waals surface area contributed by atoms with Crippen LogP contribution in [0.25, 0.3) is 5.65 Å². The van der Waals surface area contributed by atoms with E-state index in [-0.39, 0.29) is 5.41 Å². The fraction of sp³-hybridized carbons (Fsp3) is 0.455. The molecule has 0 N–H and O–H groups in total. The van der Waals surface area contributed by atoms with Crippen LogP contribution in [0.5, 0.6) is 0 Å². The summed E-state index contributed by atoms with van der Waals surface area (Å²) in [6, 6.07) is 4.05. The number of rotatable bonds is 0. The maximum Gasteiger partial charge on any atom is 0.157 e. The Morgan fingerprint density at radius 1 is 1.21 bits per heavy atom. The molecule has 14 heavy (non-hydrogen) atoms. The highest BCUT2D eigenvalue weighted by Crippen LogP contribution is 2.18. The van der Waals surface area contributed by atoms with E-state index >= 15 is 0 Å². The van der Waals surface area contributed by atoms with E-state index in [1.54, 1.807) is 0 Å². The van der Waals surface area contributed by atoms with Crippen LogP contribution in [0.15, 0.2) is 18.3 Å². The minimum absolute atomic E-state index is 0.0138. The fourth-order valence-electron chi connectivity index (χ4n) is 1.30. The Labute approximate surface area is 83.8 Å². The highest BCUT2D eigenvalue weighted by molar-refractivity contribution is 5.39. The van der Waals surface area contributed by atoms with E-state index in [1.165, 1.54) is 5.56 Å². The summed E-state index contributed by atoms with van der Waals surface area (Å²) in [5.74, 6) is 0.892. The molecule has 0 radical (unpaired) electrons. The van der Waals surface area contributed by atoms with Crippen molar-refractivity contribution in [2.45, 2.75) is 33.1 Å². The van der Waals surface area contributed by atoms with Gasteiger partial charge in [0.15, 0.2) is 11.5 Å². The molecule has 2 aromatic rings. The molecule has 2 aromatic heterocycles. The van der Waals surface area contributed by atoms with E-state index in [0.29, 0.717) is 0 Å². The van der Waals surface area contributed by atoms with Gasteiger partial charge in [0, 0.05) is 11.6 Å². The van der Waals surface area contributed by atoms with Crippen molar-refractivity contribution in [2.24, 2.45) is 0 Å². The number of hydrogen-bond acceptors (Lipinski definition) is 2. The fourth-order valence-corrected chi connectivity index (χ4v) is 1.30. The van der Waals surface area contributed by atoms with Gasteiger partial charge in [-0.1, -0.05) is 26.8 Å². The van der Waals surface area contributed by atoms with Crippen LogP contribution in [-0.4, -0.2) is 14.6 Å². The lowest BCUT2D eigenvalue weighted by atomic mass is 9.96. The summed E-state index contributed by atoms with van der Waals surface area (Å²) in [7, 11) is 0. The largest absolute Gasteiger partial charge is 0.221 e. The smallest absolute Gasteiger partial charge is 0.157 e. The van der Waals surface area contributed by atoms with Gasteiger partial charge in [-0.2, -0.15) is 5.10 Å². The third-order valence-electron chi connectivity index (χ3n) is 2.15. The summed E-state index contributed by atoms with van der Waals surface area (Å²) >= 11 is 0. The summed E-state index contributed by atoms with van der Waals surface area (Å²) in [5, 5.41) is 4.45. The van der Waals surface area contributed by atoms with Crippen molar-refractivity contribution in [3.05, 3.63) is 29.7 Å². The SMILES string of the molecule is Cc1ccc2nc(C(C)(C)C)nn2c1. The molecule has 0 amide bonds. The van der Waals surface area contributed by atoms with E-state index in [1.807, 2.05) is 16.8 Å². The van der Waals surface area contributed by atoms with Crippen molar-refractivity contribution in [1.82, 2.24) is 14.6 Å². The van der Waals surface area contributed by atoms with Crippen LogP contribution in [0.4, 0.5) is 0 Å². The van der Waals surface area contributed by atoms with Crippen molar-refractivity contribution in [2.75, 3.05) is 0 Å². The van der Waals surface area contributed by atoms with Crippen molar-refractivity contribution in [1.29, 1.82) is 0 Å². The lowest BCUT2D eigenvalue weighted by Gasteiger charge is -2.11. The molecule has 0 unspecified atom stereocenters. The highest BCUT2D eigenvalue weighted by atomic mass is 15.3. The number of pyridine rings is 1. The molecule has 3 nitrogen and oxygen atoms in total. The first kappa shape index (κ1) is 9.19. The lowest BCUT2D eigenvalue weighted by Crippen LogP contribution is -2.13. The van der Waals surface area contributed by atoms with Crippen LogP contribution < -0.4 is 0 Å². The van der Waals surface area contributed by atoms with Gasteiger partial charge in [-0.15, -0.1) is 0 Å². The summed E-state index contributed by atoms with van der Waals surface area (Å²) in [4.78, 5) is 4.48. The molecule has 2 rings (SSSR count). The van der Waals surface area contributed by atoms with Gasteiger partial charge < -0.3 is 0 Å². The molecule has 0 atom stereocenters. The Kier molecular flexibility index (Phi) is 1.84. The zero-order chi connectivity index (χ0) is 10.3. The molecule has 0 saturated carbocycles. The van der Waals surface area contributed by atoms with E-state index in [0.717, 1.165) is 11.5 Å². The average molecular weight is 189 g/mol. The Balaban J connectivity index is 2.63. The van der Waals surface area contributed by atoms with Gasteiger partial charge in [0.1, 0.15) is 0 Å². The lowest BCUT2D eigenvalue weighted by molar-refractivity contribution is 0.545. The summed E-state index contributed by atoms with van der Waals surface area (Å²) in [6.07, 6.45) is 2.00. The number of fused-ring (bicyclic) bond motifs is 1. The van der Waals surface area contributed by atoms with Crippen molar-refractivity contribution >= 4 is 5.65 Å². The molecular weight excluding hydrogens is 174 g/mol. The molecule has 0 aliphatic heterocycles. The van der Waals surface area contributed by atoms with Gasteiger partial charge in [-0.05, 0) is 18.6 Å². The van der Waals surface area contributed by atoms with Crippen molar-refractivity contribution < 1.29 is 0 Å². The van der Waals surface area contributed by atoms with Crippen molar-refractivity contribution in [3.8, 4) is 0 Å². The predicted octanol–water partition coefficient (Wildman–Crippen LogP) is 2.34. The topological polar surface area (TPSA) is 30.2 Å². The molecule has 74 valence electrons. The van der Waals surface area contributed by atoms with Gasteiger partial charge in [0.25, 0.3) is 0 Å². The summed E-state index contributed by atoms with van der Waals surface area (Å²) < 4.78 is 1.84. The summed E-state index contributed by atoms with van der Waals surface area (Å²) in [6.45, 7) is 8.41. The van der Waals surface area contributed by atoms with Crippen LogP contribution >= 0.6 is 0 Å². The molecule has 0 bridgehead atoms. The second-order valence-corrected chi connectivity index (χ2v) is 4.69. The monoisotopic (exact) mass is 189 g/mol. The van der Waals surface area contributed by atoms with E-state index in [2.05, 4.69) is 43.8 Å². The van der Waals surface area contributed by atoms with Crippen LogP contribution in [0.1, 0.15) is 32.2 Å². The second kappa shape index (κ2) is 2.80. The van der Waals surface area contributed by atoms with Gasteiger partial charge >= 0.3 is 0 Å². The zero-order valence-electron chi connectivity index (χ0n) is 9.07. The Hall–Kier alpha value is -1.38. The number of aromatic nitrogens is 3. The number of aryl methyl sites for hydroxylation is 1. The third kappa shape index (κ3) is 1.50. The van der Waals surface area contributed by atoms with Crippen molar-refractivity contribution in [3.63, 3.8) is 0 Å². The van der Waals surface area contributed by atoms with E-state index in [4.69, 9.17) is 0 Å². The minimum atomic E-state index is 0.0138. The highest BCUT2D eigenvalue weighted by Gasteiger charge is 2.19. The Bertz CT molecular complexity index is 463. The van der Waals surface area contributed by atoms with Gasteiger partial charge in [-0.25, -0.2) is 9.50 Å². The maximum absolute atomic E-state index is 4.48. The van der Waals surface area contributed by atoms with Gasteiger partial charge in [-0.3, -0.25) is 0 Å². The zero-order valence-corrected chi connectivity index (χ0v) is 9.07. The number of hydrogen-bond donors (Lipinski definition) is 0. The van der Waals surface area contributed by atoms with Crippen LogP contribution in [0, 0.1) is 6.92 Å². The quantitative estimate of drug-likeness (QED) is 0.636. The van der Waals surface area contributed by atoms with Crippen LogP contribution in [-0.2, 0) is 5.41 Å². The van der Waals surface area contributed by atoms with Gasteiger partial charge in [0.2, 0.25) is 0 Å². The van der Waals surface area contributed by atoms with E-state index in [9.17, 15) is 0 Å². The molecule has 0 fully saturated rings. The number of nitrogens with zero attached hydrogens (tertiary/aromatic N) is 3. The maximum atomic E-state index is 4.48. The average Bonchev–Trinajstić information content (AvgIpc) is 2.45. The first-order valence-corrected chi connectivity index (χ1v) is 4.80. The minimum Gasteiger partial charge on any atom is -0.221 e. The first-order valence-electron chi connectivity index (χ1n) is 4.80. The van der Waals surface area contributed by atoms with E-state index < -0.39 is 0 Å². The molecule has 0 aliphatic rings. The normalized spacial score (nSPS) is 12.3. The standard InChI is InChI=1S/C11H15N3/c1-8-5-6-9-12-10(11(2,3)4)13-14(9)7-8/h5-7H,1-4H3. The molecule has 2 heterocycles. The summed E-state index contributed by atoms with van der Waals surface area (Å²) in [5.41, 5.74) is 2.13. The van der Waals surface area contributed by atoms with Crippen LogP contribution in [0.3, 0.4) is 0 Å². The van der Waals surface area contributed by atoms with Crippen LogP contribution in [0.2, 0.25) is 0 Å². The molecule has 3 heteroatoms. The Morgan fingerprint density at radius 2 is 1.93 bits per heavy atom. The second-order valence-electron chi connectivity index (χ2n) is 4.69. The molecule has 0 aliphatic carbocycles. The molecule has 0 aromatic carbocycles. The molecule has 0 saturated heterocycles. The molecular formula is C11H15N3. The predicted molar refractivity (Wildman–Crippen MR) is 56.4 cm³/mol. The molecule has 0 spiro atoms. The van der Waals surface area contributed by atoms with Gasteiger partial charge in [0.05, 0.1) is 0 Å². The Morgan fingerprint density at radius 3 is 2.57 bits per heavy atom.